The summed E-state index contributed by atoms with van der Waals surface area (Å²) in [5, 5.41) is 0.596. The monoisotopic (exact) mass is 602 g/mol. The molecule has 0 aliphatic carbocycles. The lowest BCUT2D eigenvalue weighted by Gasteiger charge is -2.22. The van der Waals surface area contributed by atoms with Crippen molar-refractivity contribution in [1.29, 1.82) is 0 Å². The highest BCUT2D eigenvalue weighted by Gasteiger charge is 2.25. The molecular formula is C29H35ClN4O4S2. The quantitative estimate of drug-likeness (QED) is 0.212. The summed E-state index contributed by atoms with van der Waals surface area (Å²) in [4.78, 5) is 22.3. The minimum atomic E-state index is -3.73. The van der Waals surface area contributed by atoms with E-state index in [2.05, 4.69) is 4.90 Å². The predicted octanol–water partition coefficient (Wildman–Crippen LogP) is 5.54. The summed E-state index contributed by atoms with van der Waals surface area (Å²) in [5.41, 5.74) is 2.11. The van der Waals surface area contributed by atoms with Crippen molar-refractivity contribution in [3.05, 3.63) is 83.9 Å². The van der Waals surface area contributed by atoms with Gasteiger partial charge in [-0.1, -0.05) is 48.6 Å². The van der Waals surface area contributed by atoms with Gasteiger partial charge in [0.25, 0.3) is 5.91 Å². The summed E-state index contributed by atoms with van der Waals surface area (Å²) in [6.07, 6.45) is 0.759. The molecule has 0 aliphatic rings. The third kappa shape index (κ3) is 7.38. The van der Waals surface area contributed by atoms with Gasteiger partial charge >= 0.3 is 0 Å². The van der Waals surface area contributed by atoms with Crippen molar-refractivity contribution in [3.8, 4) is 5.75 Å². The number of thiazole rings is 1. The third-order valence-electron chi connectivity index (χ3n) is 6.34. The average Bonchev–Trinajstić information content (AvgIpc) is 3.37. The van der Waals surface area contributed by atoms with Gasteiger partial charge in [-0.25, -0.2) is 13.4 Å². The van der Waals surface area contributed by atoms with Crippen LogP contribution in [0.15, 0.2) is 77.7 Å². The number of halogens is 1. The van der Waals surface area contributed by atoms with E-state index in [1.807, 2.05) is 69.6 Å². The molecule has 1 aromatic heterocycles. The van der Waals surface area contributed by atoms with Crippen LogP contribution in [-0.4, -0.2) is 69.4 Å². The van der Waals surface area contributed by atoms with E-state index in [0.717, 1.165) is 34.5 Å². The molecule has 1 amide bonds. The number of ether oxygens (including phenoxy) is 1. The fourth-order valence-electron chi connectivity index (χ4n) is 4.19. The Labute approximate surface area is 246 Å². The van der Waals surface area contributed by atoms with Crippen LogP contribution in [0.5, 0.6) is 5.75 Å². The lowest BCUT2D eigenvalue weighted by Crippen LogP contribution is -2.33. The molecule has 0 unspecified atom stereocenters. The first kappa shape index (κ1) is 31.5. The highest BCUT2D eigenvalue weighted by Crippen LogP contribution is 2.32. The van der Waals surface area contributed by atoms with Gasteiger partial charge in [0.2, 0.25) is 10.0 Å². The molecule has 8 nitrogen and oxygen atoms in total. The van der Waals surface area contributed by atoms with Crippen LogP contribution in [0.3, 0.4) is 0 Å². The lowest BCUT2D eigenvalue weighted by molar-refractivity contribution is 0.0986. The van der Waals surface area contributed by atoms with Crippen LogP contribution in [0, 0.1) is 0 Å². The number of benzene rings is 3. The van der Waals surface area contributed by atoms with Gasteiger partial charge in [0.1, 0.15) is 5.75 Å². The first-order valence-electron chi connectivity index (χ1n) is 12.8. The van der Waals surface area contributed by atoms with E-state index in [1.54, 1.807) is 24.1 Å². The number of fused-ring (bicyclic) bond motifs is 1. The molecular weight excluding hydrogens is 568 g/mol. The zero-order valence-electron chi connectivity index (χ0n) is 23.1. The molecule has 214 valence electrons. The normalized spacial score (nSPS) is 11.6. The minimum absolute atomic E-state index is 0. The maximum absolute atomic E-state index is 13.7. The van der Waals surface area contributed by atoms with Crippen LogP contribution in [0.1, 0.15) is 29.3 Å². The van der Waals surface area contributed by atoms with Crippen LogP contribution in [0.4, 0.5) is 5.13 Å². The number of amides is 1. The van der Waals surface area contributed by atoms with Crippen molar-refractivity contribution < 1.29 is 17.9 Å². The van der Waals surface area contributed by atoms with Crippen molar-refractivity contribution in [2.75, 3.05) is 45.7 Å². The van der Waals surface area contributed by atoms with E-state index >= 15 is 0 Å². The highest BCUT2D eigenvalue weighted by molar-refractivity contribution is 7.89. The Hall–Kier alpha value is -3.02. The van der Waals surface area contributed by atoms with Gasteiger partial charge in [0.05, 0.1) is 22.2 Å². The van der Waals surface area contributed by atoms with Crippen molar-refractivity contribution in [2.45, 2.75) is 24.8 Å². The van der Waals surface area contributed by atoms with Gasteiger partial charge in [-0.2, -0.15) is 4.31 Å². The Morgan fingerprint density at radius 3 is 2.30 bits per heavy atom. The Morgan fingerprint density at radius 1 is 0.975 bits per heavy atom. The van der Waals surface area contributed by atoms with Crippen LogP contribution in [0.25, 0.3) is 10.2 Å². The first-order valence-corrected chi connectivity index (χ1v) is 15.0. The lowest BCUT2D eigenvalue weighted by atomic mass is 10.2. The van der Waals surface area contributed by atoms with Gasteiger partial charge in [-0.05, 0) is 75.1 Å². The molecule has 0 N–H and O–H groups in total. The first-order chi connectivity index (χ1) is 18.7. The molecule has 1 heterocycles. The van der Waals surface area contributed by atoms with E-state index in [-0.39, 0.29) is 29.8 Å². The molecule has 0 saturated heterocycles. The molecule has 0 fully saturated rings. The molecule has 0 atom stereocenters. The Bertz CT molecular complexity index is 1510. The number of aromatic nitrogens is 1. The molecule has 3 aromatic carbocycles. The Balaban J connectivity index is 0.00000441. The number of anilines is 1. The molecule has 0 saturated carbocycles. The predicted molar refractivity (Wildman–Crippen MR) is 164 cm³/mol. The summed E-state index contributed by atoms with van der Waals surface area (Å²) in [5.74, 6) is 0.508. The SMILES string of the molecule is CCN(Cc1ccccc1)S(=O)(=O)c1ccc(C(=O)N(CCCN(C)C)c2nc3ccc(OC)cc3s2)cc1.Cl. The summed E-state index contributed by atoms with van der Waals surface area (Å²) in [7, 11) is 1.87. The largest absolute Gasteiger partial charge is 0.497 e. The fourth-order valence-corrected chi connectivity index (χ4v) is 6.65. The maximum Gasteiger partial charge on any atom is 0.260 e. The number of nitrogens with zero attached hydrogens (tertiary/aromatic N) is 4. The second-order valence-corrected chi connectivity index (χ2v) is 12.3. The molecule has 4 aromatic rings. The second-order valence-electron chi connectivity index (χ2n) is 9.38. The zero-order valence-corrected chi connectivity index (χ0v) is 25.6. The van der Waals surface area contributed by atoms with Crippen molar-refractivity contribution in [3.63, 3.8) is 0 Å². The van der Waals surface area contributed by atoms with Crippen molar-refractivity contribution in [2.24, 2.45) is 0 Å². The van der Waals surface area contributed by atoms with E-state index in [1.165, 1.54) is 27.8 Å². The number of hydrogen-bond donors (Lipinski definition) is 0. The van der Waals surface area contributed by atoms with Crippen LogP contribution in [-0.2, 0) is 16.6 Å². The number of methoxy groups -OCH3 is 1. The topological polar surface area (TPSA) is 83.1 Å². The second kappa shape index (κ2) is 14.0. The van der Waals surface area contributed by atoms with Crippen LogP contribution in [0.2, 0.25) is 0 Å². The van der Waals surface area contributed by atoms with Crippen molar-refractivity contribution >= 4 is 55.0 Å². The smallest absolute Gasteiger partial charge is 0.260 e. The molecule has 0 bridgehead atoms. The van der Waals surface area contributed by atoms with Gasteiger partial charge in [0.15, 0.2) is 5.13 Å². The van der Waals surface area contributed by atoms with E-state index in [9.17, 15) is 13.2 Å². The number of rotatable bonds is 12. The molecule has 4 rings (SSSR count). The third-order valence-corrected chi connectivity index (χ3v) is 9.32. The Kier molecular flexibility index (Phi) is 11.1. The molecule has 0 radical (unpaired) electrons. The number of carbonyl (C=O) groups is 1. The number of sulfonamides is 1. The standard InChI is InChI=1S/C29H34N4O4S2.ClH/c1-5-32(21-22-10-7-6-8-11-22)39(35,36)25-15-12-23(13-16-25)28(34)33(19-9-18-31(2)3)29-30-26-17-14-24(37-4)20-27(26)38-29;/h6-8,10-17,20H,5,9,18-19,21H2,1-4H3;1H. The Morgan fingerprint density at radius 2 is 1.68 bits per heavy atom. The summed E-state index contributed by atoms with van der Waals surface area (Å²) >= 11 is 1.43. The minimum Gasteiger partial charge on any atom is -0.497 e. The molecule has 40 heavy (non-hydrogen) atoms. The maximum atomic E-state index is 13.7. The molecule has 11 heteroatoms. The van der Waals surface area contributed by atoms with E-state index in [4.69, 9.17) is 9.72 Å². The summed E-state index contributed by atoms with van der Waals surface area (Å²) in [6, 6.07) is 21.3. The van der Waals surface area contributed by atoms with Gasteiger partial charge in [0, 0.05) is 25.2 Å². The zero-order chi connectivity index (χ0) is 28.0. The number of hydrogen-bond acceptors (Lipinski definition) is 7. The number of carbonyl (C=O) groups excluding carboxylic acids is 1. The molecule has 0 aliphatic heterocycles. The fraction of sp³-hybridized carbons (Fsp3) is 0.310. The van der Waals surface area contributed by atoms with Gasteiger partial charge in [-0.15, -0.1) is 12.4 Å². The van der Waals surface area contributed by atoms with Crippen LogP contribution < -0.4 is 9.64 Å². The average molecular weight is 603 g/mol. The van der Waals surface area contributed by atoms with Gasteiger partial charge < -0.3 is 9.64 Å². The summed E-state index contributed by atoms with van der Waals surface area (Å²) in [6.45, 7) is 3.72. The van der Waals surface area contributed by atoms with E-state index < -0.39 is 10.0 Å². The van der Waals surface area contributed by atoms with Gasteiger partial charge in [-0.3, -0.25) is 9.69 Å². The van der Waals surface area contributed by atoms with Crippen LogP contribution >= 0.6 is 23.7 Å². The van der Waals surface area contributed by atoms with E-state index in [0.29, 0.717) is 23.8 Å². The van der Waals surface area contributed by atoms with Crippen molar-refractivity contribution in [1.82, 2.24) is 14.2 Å². The summed E-state index contributed by atoms with van der Waals surface area (Å²) < 4.78 is 34.4. The molecule has 0 spiro atoms. The highest BCUT2D eigenvalue weighted by atomic mass is 35.5.